The number of nitrogen functional groups attached to an aromatic ring is 1. The van der Waals surface area contributed by atoms with E-state index in [1.165, 1.54) is 18.9 Å². The Labute approximate surface area is 136 Å². The number of nitrogens with two attached hydrogens (primary N) is 1. The van der Waals surface area contributed by atoms with Crippen LogP contribution in [0.4, 0.5) is 5.69 Å². The summed E-state index contributed by atoms with van der Waals surface area (Å²) in [6, 6.07) is 9.53. The van der Waals surface area contributed by atoms with Gasteiger partial charge < -0.3 is 15.2 Å². The highest BCUT2D eigenvalue weighted by atomic mass is 16.5. The van der Waals surface area contributed by atoms with Crippen LogP contribution >= 0.6 is 0 Å². The molecule has 2 rings (SSSR count). The van der Waals surface area contributed by atoms with Crippen LogP contribution in [0.1, 0.15) is 35.0 Å². The van der Waals surface area contributed by atoms with Crippen molar-refractivity contribution in [2.45, 2.75) is 26.2 Å². The van der Waals surface area contributed by atoms with Gasteiger partial charge in [0.25, 0.3) is 0 Å². The molecule has 0 aliphatic carbocycles. The van der Waals surface area contributed by atoms with E-state index in [9.17, 15) is 4.79 Å². The number of anilines is 1. The van der Waals surface area contributed by atoms with Gasteiger partial charge in [0.1, 0.15) is 11.4 Å². The van der Waals surface area contributed by atoms with Gasteiger partial charge in [-0.15, -0.1) is 0 Å². The molecule has 2 N–H and O–H groups in total. The molecule has 0 aliphatic rings. The number of hydrogen-bond donors (Lipinski definition) is 1. The van der Waals surface area contributed by atoms with Gasteiger partial charge in [-0.3, -0.25) is 0 Å². The predicted octanol–water partition coefficient (Wildman–Crippen LogP) is 3.02. The van der Waals surface area contributed by atoms with Crippen molar-refractivity contribution in [3.05, 3.63) is 53.3 Å². The molecule has 5 nitrogen and oxygen atoms in total. The van der Waals surface area contributed by atoms with Crippen molar-refractivity contribution in [3.8, 4) is 5.75 Å². The van der Waals surface area contributed by atoms with E-state index in [1.807, 2.05) is 6.07 Å². The largest absolute Gasteiger partial charge is 0.492 e. The number of aromatic nitrogens is 1. The van der Waals surface area contributed by atoms with Crippen molar-refractivity contribution in [2.75, 3.05) is 19.5 Å². The van der Waals surface area contributed by atoms with E-state index in [1.54, 1.807) is 12.1 Å². The number of carbonyl (C=O) groups excluding carboxylic acids is 1. The zero-order chi connectivity index (χ0) is 16.7. The summed E-state index contributed by atoms with van der Waals surface area (Å²) in [6.45, 7) is 2.68. The molecule has 23 heavy (non-hydrogen) atoms. The summed E-state index contributed by atoms with van der Waals surface area (Å²) in [5.41, 5.74) is 9.56. The first kappa shape index (κ1) is 16.8. The molecule has 0 aliphatic heterocycles. The molecule has 0 unspecified atom stereocenters. The molecular formula is C18H22N2O3. The molecule has 0 saturated heterocycles. The number of pyridine rings is 1. The fourth-order valence-corrected chi connectivity index (χ4v) is 2.24. The summed E-state index contributed by atoms with van der Waals surface area (Å²) >= 11 is 0. The lowest BCUT2D eigenvalue weighted by molar-refractivity contribution is 0.0594. The summed E-state index contributed by atoms with van der Waals surface area (Å²) in [5, 5.41) is 0. The van der Waals surface area contributed by atoms with Gasteiger partial charge in [-0.2, -0.15) is 0 Å². The molecule has 0 spiro atoms. The maximum atomic E-state index is 11.3. The van der Waals surface area contributed by atoms with Gasteiger partial charge in [0, 0.05) is 5.69 Å². The van der Waals surface area contributed by atoms with Gasteiger partial charge in [0.15, 0.2) is 0 Å². The van der Waals surface area contributed by atoms with E-state index in [-0.39, 0.29) is 5.69 Å². The first-order chi connectivity index (χ1) is 11.1. The van der Waals surface area contributed by atoms with E-state index in [0.29, 0.717) is 12.4 Å². The molecule has 0 atom stereocenters. The quantitative estimate of drug-likeness (QED) is 0.483. The zero-order valence-corrected chi connectivity index (χ0v) is 13.5. The van der Waals surface area contributed by atoms with Crippen LogP contribution in [-0.2, 0) is 17.6 Å². The molecule has 0 fully saturated rings. The Hall–Kier alpha value is -2.56. The lowest BCUT2D eigenvalue weighted by atomic mass is 10.0. The molecule has 1 aromatic heterocycles. The van der Waals surface area contributed by atoms with E-state index in [0.717, 1.165) is 30.5 Å². The number of hydrogen-bond acceptors (Lipinski definition) is 5. The van der Waals surface area contributed by atoms with Crippen molar-refractivity contribution in [2.24, 2.45) is 0 Å². The number of carbonyl (C=O) groups is 1. The second-order valence-electron chi connectivity index (χ2n) is 5.21. The fourth-order valence-electron chi connectivity index (χ4n) is 2.24. The van der Waals surface area contributed by atoms with Gasteiger partial charge >= 0.3 is 5.97 Å². The number of methoxy groups -OCH3 is 1. The predicted molar refractivity (Wildman–Crippen MR) is 89.6 cm³/mol. The molecule has 0 bridgehead atoms. The first-order valence-electron chi connectivity index (χ1n) is 7.68. The maximum absolute atomic E-state index is 11.3. The van der Waals surface area contributed by atoms with Crippen molar-refractivity contribution >= 4 is 11.7 Å². The smallest absolute Gasteiger partial charge is 0.356 e. The Balaban J connectivity index is 1.80. The molecule has 0 saturated carbocycles. The monoisotopic (exact) mass is 314 g/mol. The van der Waals surface area contributed by atoms with E-state index < -0.39 is 5.97 Å². The van der Waals surface area contributed by atoms with Crippen molar-refractivity contribution in [3.63, 3.8) is 0 Å². The van der Waals surface area contributed by atoms with Gasteiger partial charge in [0.2, 0.25) is 0 Å². The van der Waals surface area contributed by atoms with E-state index in [4.69, 9.17) is 10.5 Å². The Bertz CT molecular complexity index is 654. The number of esters is 1. The van der Waals surface area contributed by atoms with Crippen molar-refractivity contribution in [1.29, 1.82) is 0 Å². The normalized spacial score (nSPS) is 10.3. The molecule has 1 heterocycles. The van der Waals surface area contributed by atoms with Crippen LogP contribution in [0, 0.1) is 0 Å². The highest BCUT2D eigenvalue weighted by molar-refractivity contribution is 5.87. The highest BCUT2D eigenvalue weighted by Crippen LogP contribution is 2.17. The molecular weight excluding hydrogens is 292 g/mol. The summed E-state index contributed by atoms with van der Waals surface area (Å²) in [7, 11) is 1.33. The summed E-state index contributed by atoms with van der Waals surface area (Å²) in [6.07, 6.45) is 4.23. The van der Waals surface area contributed by atoms with Crippen LogP contribution in [0.5, 0.6) is 5.75 Å². The number of aryl methyl sites for hydroxylation is 2. The average Bonchev–Trinajstić information content (AvgIpc) is 2.59. The average molecular weight is 314 g/mol. The van der Waals surface area contributed by atoms with Crippen LogP contribution in [-0.4, -0.2) is 24.7 Å². The second kappa shape index (κ2) is 8.17. The molecule has 0 amide bonds. The fraction of sp³-hybridized carbons (Fsp3) is 0.333. The molecule has 5 heteroatoms. The Kier molecular flexibility index (Phi) is 5.97. The van der Waals surface area contributed by atoms with E-state index in [2.05, 4.69) is 28.8 Å². The van der Waals surface area contributed by atoms with Crippen LogP contribution in [0.15, 0.2) is 36.5 Å². The second-order valence-corrected chi connectivity index (χ2v) is 5.21. The van der Waals surface area contributed by atoms with E-state index >= 15 is 0 Å². The molecule has 122 valence electrons. The van der Waals surface area contributed by atoms with Crippen LogP contribution in [0.2, 0.25) is 0 Å². The van der Waals surface area contributed by atoms with Gasteiger partial charge in [-0.25, -0.2) is 9.78 Å². The maximum Gasteiger partial charge on any atom is 0.356 e. The first-order valence-corrected chi connectivity index (χ1v) is 7.68. The third kappa shape index (κ3) is 4.71. The standard InChI is InChI=1S/C18H22N2O3/c1-3-13-6-7-14(16(19)11-13)5-4-10-23-15-8-9-17(20-12-15)18(21)22-2/h6-9,11-12H,3-5,10,19H2,1-2H3. The van der Waals surface area contributed by atoms with Crippen LogP contribution in [0.25, 0.3) is 0 Å². The minimum absolute atomic E-state index is 0.267. The SMILES string of the molecule is CCc1ccc(CCCOc2ccc(C(=O)OC)nc2)c(N)c1. The Morgan fingerprint density at radius 2 is 2.09 bits per heavy atom. The highest BCUT2D eigenvalue weighted by Gasteiger charge is 2.06. The Morgan fingerprint density at radius 1 is 1.26 bits per heavy atom. The molecule has 0 radical (unpaired) electrons. The zero-order valence-electron chi connectivity index (χ0n) is 13.5. The Morgan fingerprint density at radius 3 is 2.70 bits per heavy atom. The van der Waals surface area contributed by atoms with Crippen LogP contribution in [0.3, 0.4) is 0 Å². The minimum atomic E-state index is -0.456. The topological polar surface area (TPSA) is 74.4 Å². The minimum Gasteiger partial charge on any atom is -0.492 e. The number of ether oxygens (including phenoxy) is 2. The van der Waals surface area contributed by atoms with Gasteiger partial charge in [0.05, 0.1) is 19.9 Å². The van der Waals surface area contributed by atoms with Crippen molar-refractivity contribution in [1.82, 2.24) is 4.98 Å². The van der Waals surface area contributed by atoms with Crippen LogP contribution < -0.4 is 10.5 Å². The lowest BCUT2D eigenvalue weighted by Gasteiger charge is -2.09. The van der Waals surface area contributed by atoms with Gasteiger partial charge in [-0.1, -0.05) is 19.1 Å². The van der Waals surface area contributed by atoms with Crippen molar-refractivity contribution < 1.29 is 14.3 Å². The number of benzene rings is 1. The summed E-state index contributed by atoms with van der Waals surface area (Å²) in [5.74, 6) is 0.175. The third-order valence-electron chi connectivity index (χ3n) is 3.61. The molecule has 2 aromatic rings. The summed E-state index contributed by atoms with van der Waals surface area (Å²) in [4.78, 5) is 15.3. The number of nitrogens with zero attached hydrogens (tertiary/aromatic N) is 1. The third-order valence-corrected chi connectivity index (χ3v) is 3.61. The molecule has 1 aromatic carbocycles. The lowest BCUT2D eigenvalue weighted by Crippen LogP contribution is -2.05. The van der Waals surface area contributed by atoms with Gasteiger partial charge in [-0.05, 0) is 48.6 Å². The summed E-state index contributed by atoms with van der Waals surface area (Å²) < 4.78 is 10.2. The number of rotatable bonds is 7.